The summed E-state index contributed by atoms with van der Waals surface area (Å²) in [6.07, 6.45) is 0. The second kappa shape index (κ2) is 3.32. The maximum absolute atomic E-state index is 9.64. The van der Waals surface area contributed by atoms with Crippen LogP contribution in [-0.4, -0.2) is 10.1 Å². The summed E-state index contributed by atoms with van der Waals surface area (Å²) in [5, 5.41) is 10.0. The molecule has 0 aliphatic heterocycles. The third-order valence-corrected chi connectivity index (χ3v) is 2.24. The monoisotopic (exact) mass is 249 g/mol. The average molecular weight is 251 g/mol. The van der Waals surface area contributed by atoms with Crippen molar-refractivity contribution in [1.29, 1.82) is 0 Å². The van der Waals surface area contributed by atoms with Crippen LogP contribution >= 0.6 is 27.5 Å². The molecule has 0 radical (unpaired) electrons. The fraction of sp³-hybridized carbons (Fsp3) is 0.375. The highest BCUT2D eigenvalue weighted by atomic mass is 79.9. The summed E-state index contributed by atoms with van der Waals surface area (Å²) in [5.41, 5.74) is -0.418. The minimum atomic E-state index is -0.969. The van der Waals surface area contributed by atoms with E-state index in [9.17, 15) is 5.11 Å². The van der Waals surface area contributed by atoms with Gasteiger partial charge in [-0.05, 0) is 41.9 Å². The van der Waals surface area contributed by atoms with E-state index in [1.807, 2.05) is 0 Å². The van der Waals surface area contributed by atoms with Gasteiger partial charge in [0, 0.05) is 4.47 Å². The molecule has 1 rings (SSSR count). The van der Waals surface area contributed by atoms with Gasteiger partial charge in [-0.3, -0.25) is 0 Å². The van der Waals surface area contributed by atoms with Crippen LogP contribution in [0.15, 0.2) is 16.6 Å². The normalized spacial score (nSPS) is 11.8. The van der Waals surface area contributed by atoms with Gasteiger partial charge >= 0.3 is 0 Å². The molecule has 0 saturated carbocycles. The molecule has 1 aromatic heterocycles. The van der Waals surface area contributed by atoms with Crippen LogP contribution in [-0.2, 0) is 5.60 Å². The zero-order chi connectivity index (χ0) is 9.35. The number of halogens is 2. The molecule has 2 nitrogen and oxygen atoms in total. The summed E-state index contributed by atoms with van der Waals surface area (Å²) in [6, 6.07) is 3.43. The molecule has 0 aliphatic carbocycles. The fourth-order valence-electron chi connectivity index (χ4n) is 0.847. The van der Waals surface area contributed by atoms with Crippen LogP contribution < -0.4 is 0 Å². The molecule has 0 amide bonds. The average Bonchev–Trinajstić information content (AvgIpc) is 1.92. The van der Waals surface area contributed by atoms with Crippen molar-refractivity contribution in [3.63, 3.8) is 0 Å². The van der Waals surface area contributed by atoms with Gasteiger partial charge in [-0.25, -0.2) is 4.98 Å². The highest BCUT2D eigenvalue weighted by Crippen LogP contribution is 2.27. The largest absolute Gasteiger partial charge is 0.384 e. The summed E-state index contributed by atoms with van der Waals surface area (Å²) in [5.74, 6) is 0. The number of rotatable bonds is 1. The van der Waals surface area contributed by atoms with E-state index < -0.39 is 5.60 Å². The zero-order valence-corrected chi connectivity index (χ0v) is 9.15. The molecule has 1 N–H and O–H groups in total. The summed E-state index contributed by atoms with van der Waals surface area (Å²) in [7, 11) is 0. The van der Waals surface area contributed by atoms with E-state index in [2.05, 4.69) is 20.9 Å². The molecular formula is C8H9BrClNO. The predicted molar refractivity (Wildman–Crippen MR) is 52.2 cm³/mol. The number of hydrogen-bond acceptors (Lipinski definition) is 2. The van der Waals surface area contributed by atoms with Gasteiger partial charge in [-0.2, -0.15) is 0 Å². The predicted octanol–water partition coefficient (Wildman–Crippen LogP) is 2.72. The third-order valence-electron chi connectivity index (χ3n) is 1.39. The molecule has 0 unspecified atom stereocenters. The molecule has 0 fully saturated rings. The fourth-order valence-corrected chi connectivity index (χ4v) is 1.70. The summed E-state index contributed by atoms with van der Waals surface area (Å²) < 4.78 is 0.763. The highest BCUT2D eigenvalue weighted by Gasteiger charge is 2.21. The van der Waals surface area contributed by atoms with Crippen LogP contribution in [0.2, 0.25) is 5.15 Å². The Morgan fingerprint density at radius 2 is 2.08 bits per heavy atom. The van der Waals surface area contributed by atoms with Gasteiger partial charge < -0.3 is 5.11 Å². The van der Waals surface area contributed by atoms with Gasteiger partial charge in [0.05, 0.1) is 5.69 Å². The molecule has 0 aliphatic rings. The second-order valence-corrected chi connectivity index (χ2v) is 4.27. The van der Waals surface area contributed by atoms with Crippen LogP contribution in [0, 0.1) is 0 Å². The van der Waals surface area contributed by atoms with Gasteiger partial charge in [-0.15, -0.1) is 0 Å². The molecule has 1 aromatic rings. The first kappa shape index (κ1) is 9.96. The zero-order valence-electron chi connectivity index (χ0n) is 6.81. The van der Waals surface area contributed by atoms with E-state index in [-0.39, 0.29) is 0 Å². The van der Waals surface area contributed by atoms with Crippen molar-refractivity contribution in [3.8, 4) is 0 Å². The minimum Gasteiger partial charge on any atom is -0.384 e. The summed E-state index contributed by atoms with van der Waals surface area (Å²) in [4.78, 5) is 4.01. The Morgan fingerprint density at radius 3 is 2.50 bits per heavy atom. The van der Waals surface area contributed by atoms with E-state index >= 15 is 0 Å². The van der Waals surface area contributed by atoms with Gasteiger partial charge in [0.15, 0.2) is 0 Å². The van der Waals surface area contributed by atoms with E-state index in [0.717, 1.165) is 4.47 Å². The van der Waals surface area contributed by atoms with Gasteiger partial charge in [-0.1, -0.05) is 11.6 Å². The van der Waals surface area contributed by atoms with Crippen molar-refractivity contribution in [2.45, 2.75) is 19.4 Å². The van der Waals surface area contributed by atoms with Crippen LogP contribution in [0.5, 0.6) is 0 Å². The lowest BCUT2D eigenvalue weighted by atomic mass is 10.1. The highest BCUT2D eigenvalue weighted by molar-refractivity contribution is 9.10. The first-order chi connectivity index (χ1) is 5.41. The van der Waals surface area contributed by atoms with E-state index in [0.29, 0.717) is 10.8 Å². The van der Waals surface area contributed by atoms with Crippen LogP contribution in [0.1, 0.15) is 19.5 Å². The molecule has 1 heterocycles. The van der Waals surface area contributed by atoms with E-state index in [1.165, 1.54) is 0 Å². The van der Waals surface area contributed by atoms with Crippen LogP contribution in [0.4, 0.5) is 0 Å². The lowest BCUT2D eigenvalue weighted by Crippen LogP contribution is -2.18. The lowest BCUT2D eigenvalue weighted by Gasteiger charge is -2.17. The van der Waals surface area contributed by atoms with Crippen molar-refractivity contribution in [3.05, 3.63) is 27.5 Å². The first-order valence-corrected chi connectivity index (χ1v) is 4.63. The van der Waals surface area contributed by atoms with Crippen molar-refractivity contribution < 1.29 is 5.11 Å². The maximum atomic E-state index is 9.64. The molecule has 12 heavy (non-hydrogen) atoms. The smallest absolute Gasteiger partial charge is 0.129 e. The Bertz CT molecular complexity index is 296. The molecule has 0 aromatic carbocycles. The molecule has 0 atom stereocenters. The molecule has 66 valence electrons. The number of aliphatic hydroxyl groups is 1. The quantitative estimate of drug-likeness (QED) is 0.778. The van der Waals surface area contributed by atoms with E-state index in [4.69, 9.17) is 11.6 Å². The van der Waals surface area contributed by atoms with Crippen molar-refractivity contribution >= 4 is 27.5 Å². The van der Waals surface area contributed by atoms with Crippen LogP contribution in [0.3, 0.4) is 0 Å². The summed E-state index contributed by atoms with van der Waals surface area (Å²) >= 11 is 8.96. The second-order valence-electron chi connectivity index (χ2n) is 3.02. The molecule has 4 heteroatoms. The van der Waals surface area contributed by atoms with Gasteiger partial charge in [0.2, 0.25) is 0 Å². The number of pyridine rings is 1. The summed E-state index contributed by atoms with van der Waals surface area (Å²) in [6.45, 7) is 3.33. The number of aromatic nitrogens is 1. The Morgan fingerprint density at radius 1 is 1.50 bits per heavy atom. The standard InChI is InChI=1S/C8H9BrClNO/c1-8(2,12)7-5(9)3-4-6(10)11-7/h3-4,12H,1-2H3. The van der Waals surface area contributed by atoms with Crippen LogP contribution in [0.25, 0.3) is 0 Å². The Kier molecular flexibility index (Phi) is 2.76. The maximum Gasteiger partial charge on any atom is 0.129 e. The topological polar surface area (TPSA) is 33.1 Å². The Balaban J connectivity index is 3.23. The first-order valence-electron chi connectivity index (χ1n) is 3.46. The van der Waals surface area contributed by atoms with Gasteiger partial charge in [0.25, 0.3) is 0 Å². The molecule has 0 saturated heterocycles. The molecular weight excluding hydrogens is 241 g/mol. The Labute approximate surface area is 84.7 Å². The number of hydrogen-bond donors (Lipinski definition) is 1. The van der Waals surface area contributed by atoms with Crippen molar-refractivity contribution in [2.75, 3.05) is 0 Å². The Hall–Kier alpha value is -0.120. The molecule has 0 spiro atoms. The lowest BCUT2D eigenvalue weighted by molar-refractivity contribution is 0.0730. The number of nitrogens with zero attached hydrogens (tertiary/aromatic N) is 1. The molecule has 0 bridgehead atoms. The van der Waals surface area contributed by atoms with Crippen molar-refractivity contribution in [1.82, 2.24) is 4.98 Å². The SMILES string of the molecule is CC(C)(O)c1nc(Cl)ccc1Br. The third kappa shape index (κ3) is 2.19. The minimum absolute atomic E-state index is 0.385. The van der Waals surface area contributed by atoms with Gasteiger partial charge in [0.1, 0.15) is 10.8 Å². The van der Waals surface area contributed by atoms with E-state index in [1.54, 1.807) is 26.0 Å². The van der Waals surface area contributed by atoms with Crippen molar-refractivity contribution in [2.24, 2.45) is 0 Å².